The third-order valence-electron chi connectivity index (χ3n) is 2.26. The van der Waals surface area contributed by atoms with E-state index in [1.807, 2.05) is 13.0 Å². The van der Waals surface area contributed by atoms with Crippen molar-refractivity contribution < 1.29 is 0 Å². The summed E-state index contributed by atoms with van der Waals surface area (Å²) < 4.78 is 0. The van der Waals surface area contributed by atoms with Gasteiger partial charge in [-0.25, -0.2) is 0 Å². The van der Waals surface area contributed by atoms with E-state index in [1.165, 1.54) is 57.8 Å². The molecule has 90 valence electrons. The summed E-state index contributed by atoms with van der Waals surface area (Å²) in [5.41, 5.74) is 0. The van der Waals surface area contributed by atoms with Crippen molar-refractivity contribution in [2.75, 3.05) is 0 Å². The zero-order valence-electron chi connectivity index (χ0n) is 10.9. The number of unbranched alkanes of at least 4 members (excludes halogenated alkanes) is 8. The topological polar surface area (TPSA) is 0 Å². The molecule has 0 heteroatoms. The van der Waals surface area contributed by atoms with Crippen LogP contribution >= 0.6 is 0 Å². The van der Waals surface area contributed by atoms with Crippen LogP contribution in [0.2, 0.25) is 0 Å². The molecule has 0 spiro atoms. The third kappa shape index (κ3) is 24.7. The van der Waals surface area contributed by atoms with Gasteiger partial charge in [-0.3, -0.25) is 0 Å². The van der Waals surface area contributed by atoms with Gasteiger partial charge in [0.05, 0.1) is 0 Å². The van der Waals surface area contributed by atoms with E-state index >= 15 is 0 Å². The molecule has 0 unspecified atom stereocenters. The van der Waals surface area contributed by atoms with Crippen molar-refractivity contribution in [2.24, 2.45) is 0 Å². The van der Waals surface area contributed by atoms with Crippen LogP contribution in [0.15, 0.2) is 25.3 Å². The molecule has 0 atom stereocenters. The number of allylic oxidation sites excluding steroid dienone is 2. The molecule has 0 heterocycles. The average Bonchev–Trinajstić information content (AvgIpc) is 2.23. The summed E-state index contributed by atoms with van der Waals surface area (Å²) in [7, 11) is 0. The quantitative estimate of drug-likeness (QED) is 0.328. The Labute approximate surface area is 97.5 Å². The maximum atomic E-state index is 3.72. The van der Waals surface area contributed by atoms with Gasteiger partial charge in [-0.15, -0.1) is 13.2 Å². The monoisotopic (exact) mass is 210 g/mol. The molecule has 0 aromatic rings. The average molecular weight is 210 g/mol. The van der Waals surface area contributed by atoms with Gasteiger partial charge in [0.25, 0.3) is 0 Å². The van der Waals surface area contributed by atoms with Crippen molar-refractivity contribution in [1.82, 2.24) is 0 Å². The normalized spacial score (nSPS) is 8.93. The van der Waals surface area contributed by atoms with Crippen LogP contribution in [0.4, 0.5) is 0 Å². The minimum Gasteiger partial charge on any atom is -0.103 e. The van der Waals surface area contributed by atoms with Crippen LogP contribution < -0.4 is 0 Å². The molecule has 0 aliphatic carbocycles. The van der Waals surface area contributed by atoms with E-state index in [-0.39, 0.29) is 0 Å². The van der Waals surface area contributed by atoms with Crippen molar-refractivity contribution in [3.8, 4) is 0 Å². The smallest absolute Gasteiger partial charge is 0.0353 e. The van der Waals surface area contributed by atoms with Crippen molar-refractivity contribution in [2.45, 2.75) is 71.6 Å². The van der Waals surface area contributed by atoms with E-state index in [0.717, 1.165) is 0 Å². The Morgan fingerprint density at radius 1 is 0.800 bits per heavy atom. The fraction of sp³-hybridized carbons (Fsp3) is 0.733. The molecular weight excluding hydrogens is 180 g/mol. The molecule has 0 aliphatic rings. The zero-order chi connectivity index (χ0) is 11.8. The highest BCUT2D eigenvalue weighted by Gasteiger charge is 1.89. The van der Waals surface area contributed by atoms with Crippen LogP contribution in [0.1, 0.15) is 71.6 Å². The summed E-state index contributed by atoms with van der Waals surface area (Å²) in [6.07, 6.45) is 16.3. The van der Waals surface area contributed by atoms with Crippen molar-refractivity contribution >= 4 is 0 Å². The summed E-state index contributed by atoms with van der Waals surface area (Å²) in [6.45, 7) is 11.2. The van der Waals surface area contributed by atoms with E-state index in [4.69, 9.17) is 0 Å². The fourth-order valence-corrected chi connectivity index (χ4v) is 1.42. The van der Waals surface area contributed by atoms with Crippen LogP contribution in [0.3, 0.4) is 0 Å². The Morgan fingerprint density at radius 3 is 1.60 bits per heavy atom. The van der Waals surface area contributed by atoms with Crippen molar-refractivity contribution in [1.29, 1.82) is 0 Å². The molecule has 0 aromatic carbocycles. The van der Waals surface area contributed by atoms with Crippen LogP contribution in [0, 0.1) is 0 Å². The Kier molecular flexibility index (Phi) is 21.5. The first-order valence-electron chi connectivity index (χ1n) is 6.51. The molecule has 0 saturated heterocycles. The van der Waals surface area contributed by atoms with Gasteiger partial charge in [0.2, 0.25) is 0 Å². The van der Waals surface area contributed by atoms with Gasteiger partial charge in [0.1, 0.15) is 0 Å². The number of hydrogen-bond acceptors (Lipinski definition) is 0. The largest absolute Gasteiger partial charge is 0.103 e. The SMILES string of the molecule is C=CC.C=CCCCCCCCCCC. The molecule has 0 N–H and O–H groups in total. The highest BCUT2D eigenvalue weighted by Crippen LogP contribution is 2.09. The lowest BCUT2D eigenvalue weighted by atomic mass is 10.1. The summed E-state index contributed by atoms with van der Waals surface area (Å²) in [5, 5.41) is 0. The van der Waals surface area contributed by atoms with E-state index in [9.17, 15) is 0 Å². The lowest BCUT2D eigenvalue weighted by Gasteiger charge is -1.99. The maximum Gasteiger partial charge on any atom is -0.0353 e. The highest BCUT2D eigenvalue weighted by atomic mass is 14.0. The lowest BCUT2D eigenvalue weighted by molar-refractivity contribution is 0.578. The lowest BCUT2D eigenvalue weighted by Crippen LogP contribution is -1.79. The van der Waals surface area contributed by atoms with Gasteiger partial charge in [-0.05, 0) is 19.8 Å². The molecule has 0 rings (SSSR count). The second kappa shape index (κ2) is 19.1. The Balaban J connectivity index is 0. The molecule has 0 radical (unpaired) electrons. The molecule has 0 bridgehead atoms. The summed E-state index contributed by atoms with van der Waals surface area (Å²) >= 11 is 0. The Hall–Kier alpha value is -0.520. The minimum absolute atomic E-state index is 1.20. The van der Waals surface area contributed by atoms with Gasteiger partial charge in [-0.2, -0.15) is 0 Å². The molecule has 0 aliphatic heterocycles. The summed E-state index contributed by atoms with van der Waals surface area (Å²) in [5.74, 6) is 0. The fourth-order valence-electron chi connectivity index (χ4n) is 1.42. The van der Waals surface area contributed by atoms with E-state index in [2.05, 4.69) is 20.1 Å². The summed E-state index contributed by atoms with van der Waals surface area (Å²) in [4.78, 5) is 0. The standard InChI is InChI=1S/C12H24.C3H6/c1-3-5-7-9-11-12-10-8-6-4-2;1-3-2/h3H,1,4-12H2,2H3;3H,1H2,2H3. The number of rotatable bonds is 9. The first-order chi connectivity index (χ1) is 7.33. The molecule has 0 aromatic heterocycles. The molecule has 15 heavy (non-hydrogen) atoms. The van der Waals surface area contributed by atoms with Gasteiger partial charge in [0, 0.05) is 0 Å². The van der Waals surface area contributed by atoms with E-state index < -0.39 is 0 Å². The van der Waals surface area contributed by atoms with Crippen LogP contribution in [-0.4, -0.2) is 0 Å². The van der Waals surface area contributed by atoms with Crippen molar-refractivity contribution in [3.05, 3.63) is 25.3 Å². The third-order valence-corrected chi connectivity index (χ3v) is 2.26. The molecule has 0 fully saturated rings. The second-order valence-electron chi connectivity index (χ2n) is 3.96. The van der Waals surface area contributed by atoms with Gasteiger partial charge < -0.3 is 0 Å². The van der Waals surface area contributed by atoms with Crippen LogP contribution in [-0.2, 0) is 0 Å². The molecule has 0 amide bonds. The van der Waals surface area contributed by atoms with Crippen LogP contribution in [0.5, 0.6) is 0 Å². The predicted molar refractivity (Wildman–Crippen MR) is 73.3 cm³/mol. The Bertz CT molecular complexity index is 113. The second-order valence-corrected chi connectivity index (χ2v) is 3.96. The van der Waals surface area contributed by atoms with Crippen molar-refractivity contribution in [3.63, 3.8) is 0 Å². The predicted octanol–water partition coefficient (Wildman–Crippen LogP) is 5.90. The molecule has 0 saturated carbocycles. The van der Waals surface area contributed by atoms with E-state index in [1.54, 1.807) is 6.08 Å². The molecule has 0 nitrogen and oxygen atoms in total. The van der Waals surface area contributed by atoms with Gasteiger partial charge >= 0.3 is 0 Å². The maximum absolute atomic E-state index is 3.72. The zero-order valence-corrected chi connectivity index (χ0v) is 10.9. The Morgan fingerprint density at radius 2 is 1.20 bits per heavy atom. The van der Waals surface area contributed by atoms with Gasteiger partial charge in [-0.1, -0.05) is 64.0 Å². The highest BCUT2D eigenvalue weighted by molar-refractivity contribution is 4.65. The first-order valence-corrected chi connectivity index (χ1v) is 6.51. The number of hydrogen-bond donors (Lipinski definition) is 0. The summed E-state index contributed by atoms with van der Waals surface area (Å²) in [6, 6.07) is 0. The van der Waals surface area contributed by atoms with E-state index in [0.29, 0.717) is 0 Å². The first kappa shape index (κ1) is 16.9. The van der Waals surface area contributed by atoms with Gasteiger partial charge in [0.15, 0.2) is 0 Å². The minimum atomic E-state index is 1.20. The molecular formula is C15H30. The van der Waals surface area contributed by atoms with Crippen LogP contribution in [0.25, 0.3) is 0 Å².